The second kappa shape index (κ2) is 6.62. The number of ether oxygens (including phenoxy) is 1. The van der Waals surface area contributed by atoms with Crippen LogP contribution in [-0.4, -0.2) is 36.3 Å². The molecule has 0 unspecified atom stereocenters. The molecule has 0 spiro atoms. The molecule has 13 heavy (non-hydrogen) atoms. The Hall–Kier alpha value is -0.880. The number of rotatable bonds is 5. The minimum atomic E-state index is -1.12. The van der Waals surface area contributed by atoms with E-state index in [4.69, 9.17) is 5.73 Å². The molecule has 0 bridgehead atoms. The first-order chi connectivity index (χ1) is 6.11. The number of carbonyl (C=O) groups is 3. The number of nitrogens with two attached hydrogens (primary N) is 1. The van der Waals surface area contributed by atoms with Gasteiger partial charge in [-0.15, -0.1) is 0 Å². The van der Waals surface area contributed by atoms with Gasteiger partial charge in [-0.2, -0.15) is 11.8 Å². The molecule has 74 valence electrons. The van der Waals surface area contributed by atoms with Gasteiger partial charge in [-0.1, -0.05) is 0 Å². The van der Waals surface area contributed by atoms with E-state index < -0.39 is 24.3 Å². The topological polar surface area (TPSA) is 86.5 Å². The quantitative estimate of drug-likeness (QED) is 0.364. The maximum atomic E-state index is 10.9. The van der Waals surface area contributed by atoms with Crippen molar-refractivity contribution in [3.63, 3.8) is 0 Å². The molecule has 2 N–H and O–H groups in total. The van der Waals surface area contributed by atoms with Crippen LogP contribution >= 0.6 is 11.8 Å². The zero-order valence-electron chi connectivity index (χ0n) is 7.24. The number of thioether (sulfide) groups is 1. The molecule has 0 heterocycles. The van der Waals surface area contributed by atoms with Crippen molar-refractivity contribution in [2.75, 3.05) is 18.6 Å². The maximum absolute atomic E-state index is 10.9. The fourth-order valence-corrected chi connectivity index (χ4v) is 0.888. The van der Waals surface area contributed by atoms with Crippen LogP contribution in [0.5, 0.6) is 0 Å². The summed E-state index contributed by atoms with van der Waals surface area (Å²) >= 11 is 1.43. The molecule has 0 aromatic carbocycles. The number of esters is 2. The van der Waals surface area contributed by atoms with Crippen molar-refractivity contribution in [1.82, 2.24) is 0 Å². The van der Waals surface area contributed by atoms with Gasteiger partial charge in [-0.3, -0.25) is 9.59 Å². The van der Waals surface area contributed by atoms with Crippen molar-refractivity contribution in [3.05, 3.63) is 0 Å². The summed E-state index contributed by atoms with van der Waals surface area (Å²) in [5.41, 5.74) is 4.88. The molecule has 0 aliphatic rings. The third kappa shape index (κ3) is 5.37. The summed E-state index contributed by atoms with van der Waals surface area (Å²) in [4.78, 5) is 32.1. The van der Waals surface area contributed by atoms with Gasteiger partial charge >= 0.3 is 11.9 Å². The van der Waals surface area contributed by atoms with Crippen LogP contribution in [0, 0.1) is 0 Å². The first-order valence-corrected chi connectivity index (χ1v) is 4.98. The first kappa shape index (κ1) is 12.1. The third-order valence-corrected chi connectivity index (χ3v) is 1.75. The highest BCUT2D eigenvalue weighted by Crippen LogP contribution is 1.97. The van der Waals surface area contributed by atoms with Gasteiger partial charge in [0.25, 0.3) is 0 Å². The van der Waals surface area contributed by atoms with Crippen LogP contribution in [0.1, 0.15) is 6.42 Å². The molecule has 0 saturated heterocycles. The van der Waals surface area contributed by atoms with Gasteiger partial charge in [0.05, 0.1) is 6.54 Å². The molecule has 0 aliphatic carbocycles. The molecule has 0 aromatic rings. The number of hydrogen-bond donors (Lipinski definition) is 1. The van der Waals surface area contributed by atoms with Crippen LogP contribution < -0.4 is 5.73 Å². The lowest BCUT2D eigenvalue weighted by Gasteiger charge is -1.98. The summed E-state index contributed by atoms with van der Waals surface area (Å²) in [6.07, 6.45) is 1.89. The van der Waals surface area contributed by atoms with Crippen LogP contribution in [0.25, 0.3) is 0 Å². The van der Waals surface area contributed by atoms with E-state index in [2.05, 4.69) is 4.74 Å². The SMILES string of the molecule is CSCCC(=O)C(=O)OC(=O)CN. The standard InChI is InChI=1S/C7H11NO4S/c1-13-3-2-5(9)7(11)12-6(10)4-8/h2-4,8H2,1H3. The van der Waals surface area contributed by atoms with Gasteiger partial charge in [-0.25, -0.2) is 4.79 Å². The molecule has 5 nitrogen and oxygen atoms in total. The van der Waals surface area contributed by atoms with Gasteiger partial charge in [-0.05, 0) is 6.26 Å². The number of hydrogen-bond acceptors (Lipinski definition) is 6. The molecule has 0 aliphatic heterocycles. The Kier molecular flexibility index (Phi) is 6.17. The summed E-state index contributed by atoms with van der Waals surface area (Å²) in [6, 6.07) is 0. The van der Waals surface area contributed by atoms with E-state index in [-0.39, 0.29) is 6.42 Å². The van der Waals surface area contributed by atoms with Gasteiger partial charge in [0.15, 0.2) is 0 Å². The molecular formula is C7H11NO4S. The van der Waals surface area contributed by atoms with Crippen LogP contribution in [0.3, 0.4) is 0 Å². The molecule has 0 amide bonds. The lowest BCUT2D eigenvalue weighted by atomic mass is 10.3. The Balaban J connectivity index is 3.83. The van der Waals surface area contributed by atoms with E-state index in [0.29, 0.717) is 5.75 Å². The first-order valence-electron chi connectivity index (χ1n) is 3.58. The van der Waals surface area contributed by atoms with Crippen LogP contribution in [0.15, 0.2) is 0 Å². The van der Waals surface area contributed by atoms with Crippen molar-refractivity contribution in [3.8, 4) is 0 Å². The smallest absolute Gasteiger partial charge is 0.382 e. The van der Waals surface area contributed by atoms with E-state index in [1.165, 1.54) is 11.8 Å². The monoisotopic (exact) mass is 205 g/mol. The summed E-state index contributed by atoms with van der Waals surface area (Å²) in [7, 11) is 0. The fourth-order valence-electron chi connectivity index (χ4n) is 0.499. The third-order valence-electron chi connectivity index (χ3n) is 1.13. The Morgan fingerprint density at radius 2 is 2.00 bits per heavy atom. The Labute approximate surface area is 80.0 Å². The second-order valence-corrected chi connectivity index (χ2v) is 3.12. The van der Waals surface area contributed by atoms with Crippen molar-refractivity contribution >= 4 is 29.5 Å². The summed E-state index contributed by atoms with van der Waals surface area (Å²) in [5.74, 6) is -2.17. The molecule has 0 atom stereocenters. The lowest BCUT2D eigenvalue weighted by Crippen LogP contribution is -2.25. The van der Waals surface area contributed by atoms with Crippen molar-refractivity contribution in [2.45, 2.75) is 6.42 Å². The Morgan fingerprint density at radius 3 is 2.46 bits per heavy atom. The van der Waals surface area contributed by atoms with Gasteiger partial charge in [0.2, 0.25) is 5.78 Å². The van der Waals surface area contributed by atoms with Gasteiger partial charge in [0.1, 0.15) is 0 Å². The van der Waals surface area contributed by atoms with Gasteiger partial charge in [0, 0.05) is 12.2 Å². The average Bonchev–Trinajstić information content (AvgIpc) is 2.13. The highest BCUT2D eigenvalue weighted by atomic mass is 32.2. The summed E-state index contributed by atoms with van der Waals surface area (Å²) in [6.45, 7) is -0.401. The van der Waals surface area contributed by atoms with Gasteiger partial charge < -0.3 is 10.5 Å². The highest BCUT2D eigenvalue weighted by molar-refractivity contribution is 7.98. The maximum Gasteiger partial charge on any atom is 0.382 e. The fraction of sp³-hybridized carbons (Fsp3) is 0.571. The van der Waals surface area contributed by atoms with Crippen molar-refractivity contribution in [1.29, 1.82) is 0 Å². The van der Waals surface area contributed by atoms with E-state index in [0.717, 1.165) is 0 Å². The predicted molar refractivity (Wildman–Crippen MR) is 48.2 cm³/mol. The predicted octanol–water partition coefficient (Wildman–Crippen LogP) is -0.663. The van der Waals surface area contributed by atoms with Crippen molar-refractivity contribution < 1.29 is 19.1 Å². The minimum absolute atomic E-state index is 0.0812. The zero-order valence-corrected chi connectivity index (χ0v) is 8.06. The van der Waals surface area contributed by atoms with E-state index in [9.17, 15) is 14.4 Å². The molecule has 0 saturated carbocycles. The number of carbonyl (C=O) groups excluding carboxylic acids is 3. The Bertz CT molecular complexity index is 217. The molecule has 0 radical (unpaired) electrons. The Morgan fingerprint density at radius 1 is 1.38 bits per heavy atom. The van der Waals surface area contributed by atoms with E-state index >= 15 is 0 Å². The van der Waals surface area contributed by atoms with E-state index in [1.54, 1.807) is 0 Å². The minimum Gasteiger partial charge on any atom is -0.386 e. The average molecular weight is 205 g/mol. The number of Topliss-reactive ketones (excluding diaryl/α,β-unsaturated/α-hetero) is 1. The summed E-state index contributed by atoms with van der Waals surface area (Å²) in [5, 5.41) is 0. The van der Waals surface area contributed by atoms with Crippen LogP contribution in [0.2, 0.25) is 0 Å². The normalized spacial score (nSPS) is 9.38. The molecular weight excluding hydrogens is 194 g/mol. The van der Waals surface area contributed by atoms with E-state index in [1.807, 2.05) is 6.26 Å². The molecule has 0 aromatic heterocycles. The van der Waals surface area contributed by atoms with Crippen molar-refractivity contribution in [2.24, 2.45) is 5.73 Å². The largest absolute Gasteiger partial charge is 0.386 e. The highest BCUT2D eigenvalue weighted by Gasteiger charge is 2.17. The molecule has 0 rings (SSSR count). The summed E-state index contributed by atoms with van der Waals surface area (Å²) < 4.78 is 4.10. The molecule has 0 fully saturated rings. The molecule has 6 heteroatoms. The second-order valence-electron chi connectivity index (χ2n) is 2.13. The number of ketones is 1. The zero-order chi connectivity index (χ0) is 10.3. The van der Waals surface area contributed by atoms with Crippen LogP contribution in [0.4, 0.5) is 0 Å². The van der Waals surface area contributed by atoms with Crippen LogP contribution in [-0.2, 0) is 19.1 Å². The lowest BCUT2D eigenvalue weighted by molar-refractivity contribution is -0.163.